The molecule has 2 aromatic carbocycles. The van der Waals surface area contributed by atoms with Crippen LogP contribution in [0.1, 0.15) is 16.5 Å². The van der Waals surface area contributed by atoms with Crippen LogP contribution in [0, 0.1) is 10.1 Å². The summed E-state index contributed by atoms with van der Waals surface area (Å²) in [7, 11) is 0. The highest BCUT2D eigenvalue weighted by atomic mass is 35.5. The molecule has 2 aromatic heterocycles. The molecule has 164 valence electrons. The molecule has 1 amide bonds. The first-order valence-corrected chi connectivity index (χ1v) is 11.6. The van der Waals surface area contributed by atoms with E-state index in [1.54, 1.807) is 41.8 Å². The Kier molecular flexibility index (Phi) is 5.20. The number of hydrogen-bond acceptors (Lipinski definition) is 8. The van der Waals surface area contributed by atoms with E-state index in [0.717, 1.165) is 11.3 Å². The molecule has 1 aliphatic rings. The Hall–Kier alpha value is -3.60. The van der Waals surface area contributed by atoms with E-state index in [-0.39, 0.29) is 22.2 Å². The van der Waals surface area contributed by atoms with Gasteiger partial charge in [-0.15, -0.1) is 11.3 Å². The van der Waals surface area contributed by atoms with Gasteiger partial charge in [0.1, 0.15) is 11.8 Å². The molecule has 1 aliphatic heterocycles. The Morgan fingerprint density at radius 2 is 1.91 bits per heavy atom. The zero-order valence-electron chi connectivity index (χ0n) is 16.5. The smallest absolute Gasteiger partial charge is 0.301 e. The number of thiazole rings is 1. The Morgan fingerprint density at radius 1 is 1.15 bits per heavy atom. The lowest BCUT2D eigenvalue weighted by atomic mass is 10.00. The van der Waals surface area contributed by atoms with Gasteiger partial charge in [0, 0.05) is 27.6 Å². The fourth-order valence-electron chi connectivity index (χ4n) is 3.63. The molecule has 1 unspecified atom stereocenters. The summed E-state index contributed by atoms with van der Waals surface area (Å²) in [6, 6.07) is 13.1. The first kappa shape index (κ1) is 21.3. The Morgan fingerprint density at radius 3 is 2.58 bits per heavy atom. The van der Waals surface area contributed by atoms with Gasteiger partial charge in [-0.25, -0.2) is 4.98 Å². The van der Waals surface area contributed by atoms with Crippen LogP contribution in [-0.2, 0) is 9.59 Å². The molecule has 33 heavy (non-hydrogen) atoms. The number of ketones is 1. The van der Waals surface area contributed by atoms with Crippen molar-refractivity contribution >= 4 is 72.8 Å². The van der Waals surface area contributed by atoms with Gasteiger partial charge < -0.3 is 5.11 Å². The van der Waals surface area contributed by atoms with Gasteiger partial charge >= 0.3 is 5.91 Å². The standard InChI is InChI=1S/C22H12ClN3O5S2/c23-12-5-3-11(4-6-12)19(27)17-18(15-2-1-9-32-15)25(21(29)20(17)28)22-24-14-8-7-13(26(30)31)10-16(14)33-22/h1-10,18,27H/b19-17+. The van der Waals surface area contributed by atoms with Crippen LogP contribution in [0.5, 0.6) is 0 Å². The third-order valence-corrected chi connectivity index (χ3v) is 7.35. The Labute approximate surface area is 199 Å². The average Bonchev–Trinajstić information content (AvgIpc) is 3.52. The second-order valence-electron chi connectivity index (χ2n) is 7.10. The monoisotopic (exact) mass is 497 g/mol. The number of anilines is 1. The normalized spacial score (nSPS) is 17.7. The molecule has 5 rings (SSSR count). The maximum Gasteiger partial charge on any atom is 0.301 e. The van der Waals surface area contributed by atoms with Crippen LogP contribution >= 0.6 is 34.3 Å². The van der Waals surface area contributed by atoms with E-state index in [9.17, 15) is 24.8 Å². The van der Waals surface area contributed by atoms with Gasteiger partial charge in [-0.2, -0.15) is 0 Å². The number of carbonyl (C=O) groups is 2. The molecule has 1 atom stereocenters. The number of hydrogen-bond donors (Lipinski definition) is 1. The highest BCUT2D eigenvalue weighted by Gasteiger charge is 2.48. The van der Waals surface area contributed by atoms with Gasteiger partial charge in [0.05, 0.1) is 20.7 Å². The van der Waals surface area contributed by atoms with E-state index in [2.05, 4.69) is 4.98 Å². The lowest BCUT2D eigenvalue weighted by Crippen LogP contribution is -2.28. The summed E-state index contributed by atoms with van der Waals surface area (Å²) in [5.74, 6) is -1.99. The van der Waals surface area contributed by atoms with Crippen molar-refractivity contribution in [1.82, 2.24) is 4.98 Å². The topological polar surface area (TPSA) is 114 Å². The molecule has 1 N–H and O–H groups in total. The molecule has 0 aliphatic carbocycles. The minimum absolute atomic E-state index is 0.0602. The van der Waals surface area contributed by atoms with Crippen LogP contribution in [0.4, 0.5) is 10.8 Å². The number of nitro groups is 1. The summed E-state index contributed by atoms with van der Waals surface area (Å²) in [6.45, 7) is 0. The predicted molar refractivity (Wildman–Crippen MR) is 127 cm³/mol. The molecule has 0 spiro atoms. The van der Waals surface area contributed by atoms with Crippen molar-refractivity contribution in [3.05, 3.63) is 91.1 Å². The van der Waals surface area contributed by atoms with E-state index in [1.807, 2.05) is 0 Å². The van der Waals surface area contributed by atoms with Crippen LogP contribution in [0.3, 0.4) is 0 Å². The van der Waals surface area contributed by atoms with Crippen molar-refractivity contribution < 1.29 is 19.6 Å². The number of fused-ring (bicyclic) bond motifs is 1. The lowest BCUT2D eigenvalue weighted by Gasteiger charge is -2.21. The number of rotatable bonds is 4. The number of benzene rings is 2. The lowest BCUT2D eigenvalue weighted by molar-refractivity contribution is -0.384. The number of carbonyl (C=O) groups excluding carboxylic acids is 2. The summed E-state index contributed by atoms with van der Waals surface area (Å²) in [5, 5.41) is 24.6. The van der Waals surface area contributed by atoms with Gasteiger partial charge in [-0.1, -0.05) is 29.0 Å². The first-order chi connectivity index (χ1) is 15.8. The number of non-ortho nitro benzene ring substituents is 1. The molecule has 0 radical (unpaired) electrons. The number of nitrogens with zero attached hydrogens (tertiary/aromatic N) is 3. The predicted octanol–water partition coefficient (Wildman–Crippen LogP) is 5.55. The number of amides is 1. The van der Waals surface area contributed by atoms with Crippen molar-refractivity contribution in [2.45, 2.75) is 6.04 Å². The second kappa shape index (κ2) is 8.07. The first-order valence-electron chi connectivity index (χ1n) is 9.50. The minimum atomic E-state index is -0.892. The van der Waals surface area contributed by atoms with Crippen molar-refractivity contribution in [3.8, 4) is 0 Å². The number of halogens is 1. The van der Waals surface area contributed by atoms with Crippen molar-refractivity contribution in [2.24, 2.45) is 0 Å². The molecule has 0 saturated carbocycles. The molecule has 1 saturated heterocycles. The van der Waals surface area contributed by atoms with Crippen LogP contribution in [-0.4, -0.2) is 26.7 Å². The van der Waals surface area contributed by atoms with Crippen molar-refractivity contribution in [3.63, 3.8) is 0 Å². The number of aliphatic hydroxyl groups excluding tert-OH is 1. The molecule has 8 nitrogen and oxygen atoms in total. The highest BCUT2D eigenvalue weighted by molar-refractivity contribution is 7.22. The van der Waals surface area contributed by atoms with Gasteiger partial charge in [0.2, 0.25) is 0 Å². The van der Waals surface area contributed by atoms with Gasteiger partial charge in [-0.3, -0.25) is 24.6 Å². The Bertz CT molecular complexity index is 1460. The summed E-state index contributed by atoms with van der Waals surface area (Å²) >= 11 is 8.33. The average molecular weight is 498 g/mol. The Balaban J connectivity index is 1.69. The van der Waals surface area contributed by atoms with E-state index in [4.69, 9.17) is 11.6 Å². The zero-order chi connectivity index (χ0) is 23.3. The van der Waals surface area contributed by atoms with Crippen LogP contribution in [0.25, 0.3) is 16.0 Å². The molecule has 11 heteroatoms. The third-order valence-electron chi connectivity index (χ3n) is 5.15. The van der Waals surface area contributed by atoms with Crippen LogP contribution < -0.4 is 4.90 Å². The van der Waals surface area contributed by atoms with Gasteiger partial charge in [0.25, 0.3) is 11.5 Å². The zero-order valence-corrected chi connectivity index (χ0v) is 18.9. The maximum absolute atomic E-state index is 13.1. The van der Waals surface area contributed by atoms with Crippen LogP contribution in [0.15, 0.2) is 65.6 Å². The third kappa shape index (κ3) is 3.58. The molecule has 0 bridgehead atoms. The number of aliphatic hydroxyl groups is 1. The van der Waals surface area contributed by atoms with E-state index < -0.39 is 22.7 Å². The quantitative estimate of drug-likeness (QED) is 0.130. The largest absolute Gasteiger partial charge is 0.507 e. The molecule has 1 fully saturated rings. The summed E-state index contributed by atoms with van der Waals surface area (Å²) < 4.78 is 0.503. The van der Waals surface area contributed by atoms with E-state index in [0.29, 0.717) is 25.7 Å². The fraction of sp³-hybridized carbons (Fsp3) is 0.0455. The second-order valence-corrected chi connectivity index (χ2v) is 9.52. The SMILES string of the molecule is O=C1C(=O)N(c2nc3ccc([N+](=O)[O-])cc3s2)C(c2cccs2)/C1=C(\O)c1ccc(Cl)cc1. The number of nitro benzene ring substituents is 1. The summed E-state index contributed by atoms with van der Waals surface area (Å²) in [5.41, 5.74) is 0.649. The summed E-state index contributed by atoms with van der Waals surface area (Å²) in [6.07, 6.45) is 0. The number of thiophene rings is 1. The molecular weight excluding hydrogens is 486 g/mol. The molecule has 3 heterocycles. The minimum Gasteiger partial charge on any atom is -0.507 e. The van der Waals surface area contributed by atoms with Gasteiger partial charge in [0.15, 0.2) is 5.13 Å². The molecule has 4 aromatic rings. The highest BCUT2D eigenvalue weighted by Crippen LogP contribution is 2.45. The van der Waals surface area contributed by atoms with Crippen molar-refractivity contribution in [2.75, 3.05) is 4.90 Å². The van der Waals surface area contributed by atoms with E-state index in [1.165, 1.54) is 34.4 Å². The fourth-order valence-corrected chi connectivity index (χ4v) is 5.60. The molecular formula is C22H12ClN3O5S2. The number of aromatic nitrogens is 1. The number of Topliss-reactive ketones (excluding diaryl/α,β-unsaturated/α-hetero) is 1. The summed E-state index contributed by atoms with van der Waals surface area (Å²) in [4.78, 5) is 43.2. The van der Waals surface area contributed by atoms with Gasteiger partial charge in [-0.05, 0) is 41.8 Å². The van der Waals surface area contributed by atoms with Crippen LogP contribution in [0.2, 0.25) is 5.02 Å². The van der Waals surface area contributed by atoms with E-state index >= 15 is 0 Å². The maximum atomic E-state index is 13.1. The van der Waals surface area contributed by atoms with Crippen molar-refractivity contribution in [1.29, 1.82) is 0 Å².